The van der Waals surface area contributed by atoms with Gasteiger partial charge in [0.25, 0.3) is 0 Å². The fraction of sp³-hybridized carbons (Fsp3) is 0.0714. The maximum Gasteiger partial charge on any atom is 0.202 e. The molecule has 4 aromatic carbocycles. The van der Waals surface area contributed by atoms with Gasteiger partial charge in [-0.25, -0.2) is 0 Å². The van der Waals surface area contributed by atoms with Crippen molar-refractivity contribution >= 4 is 11.6 Å². The van der Waals surface area contributed by atoms with Crippen LogP contribution in [-0.4, -0.2) is 21.8 Å². The van der Waals surface area contributed by atoms with Crippen LogP contribution in [0.3, 0.4) is 0 Å². The molecule has 0 amide bonds. The molecular weight excluding hydrogens is 400 g/mol. The second-order valence-electron chi connectivity index (χ2n) is 7.54. The van der Waals surface area contributed by atoms with Gasteiger partial charge in [-0.15, -0.1) is 0 Å². The molecule has 158 valence electrons. The van der Waals surface area contributed by atoms with Gasteiger partial charge in [0.15, 0.2) is 11.2 Å². The van der Waals surface area contributed by atoms with Crippen LogP contribution in [0.2, 0.25) is 0 Å². The van der Waals surface area contributed by atoms with Crippen LogP contribution < -0.4 is 0 Å². The van der Waals surface area contributed by atoms with E-state index in [-0.39, 0.29) is 22.3 Å². The van der Waals surface area contributed by atoms with Gasteiger partial charge in [0.1, 0.15) is 0 Å². The molecule has 0 saturated carbocycles. The highest BCUT2D eigenvalue weighted by molar-refractivity contribution is 6.12. The maximum atomic E-state index is 13.9. The monoisotopic (exact) mass is 422 g/mol. The lowest BCUT2D eigenvalue weighted by Crippen LogP contribution is -2.59. The number of hydrogen-bond donors (Lipinski definition) is 2. The third kappa shape index (κ3) is 3.46. The zero-order chi connectivity index (χ0) is 22.6. The van der Waals surface area contributed by atoms with Crippen molar-refractivity contribution in [2.75, 3.05) is 0 Å². The molecule has 4 rings (SSSR count). The highest BCUT2D eigenvalue weighted by atomic mass is 16.4. The van der Waals surface area contributed by atoms with E-state index in [1.807, 2.05) is 0 Å². The summed E-state index contributed by atoms with van der Waals surface area (Å²) in [5, 5.41) is 24.4. The van der Waals surface area contributed by atoms with Crippen LogP contribution in [-0.2, 0) is 11.2 Å². The van der Waals surface area contributed by atoms with Crippen molar-refractivity contribution in [2.45, 2.75) is 11.2 Å². The molecule has 0 aliphatic carbocycles. The molecule has 2 N–H and O–H groups in total. The molecule has 2 unspecified atom stereocenters. The van der Waals surface area contributed by atoms with Crippen LogP contribution in [0.25, 0.3) is 0 Å². The number of carbonyl (C=O) groups excluding carboxylic acids is 2. The van der Waals surface area contributed by atoms with Crippen LogP contribution in [0.1, 0.15) is 31.8 Å². The van der Waals surface area contributed by atoms with Crippen molar-refractivity contribution < 1.29 is 19.8 Å². The molecule has 0 radical (unpaired) electrons. The Morgan fingerprint density at radius 1 is 0.438 bits per heavy atom. The summed E-state index contributed by atoms with van der Waals surface area (Å²) in [7, 11) is 0. The Kier molecular flexibility index (Phi) is 5.82. The van der Waals surface area contributed by atoms with Gasteiger partial charge in [-0.1, -0.05) is 121 Å². The van der Waals surface area contributed by atoms with Gasteiger partial charge < -0.3 is 10.2 Å². The fourth-order valence-electron chi connectivity index (χ4n) is 3.96. The Hall–Kier alpha value is -3.86. The minimum atomic E-state index is -2.59. The van der Waals surface area contributed by atoms with Crippen LogP contribution in [0.15, 0.2) is 121 Å². The van der Waals surface area contributed by atoms with E-state index in [1.54, 1.807) is 97.1 Å². The summed E-state index contributed by atoms with van der Waals surface area (Å²) in [6.07, 6.45) is 0. The number of carbonyl (C=O) groups is 2. The first-order valence-corrected chi connectivity index (χ1v) is 10.2. The highest BCUT2D eigenvalue weighted by Gasteiger charge is 2.61. The quantitative estimate of drug-likeness (QED) is 0.429. The summed E-state index contributed by atoms with van der Waals surface area (Å²) in [6.45, 7) is 0. The van der Waals surface area contributed by atoms with Crippen molar-refractivity contribution in [1.29, 1.82) is 0 Å². The molecule has 4 heteroatoms. The van der Waals surface area contributed by atoms with Crippen molar-refractivity contribution in [2.24, 2.45) is 0 Å². The molecule has 0 heterocycles. The summed E-state index contributed by atoms with van der Waals surface area (Å²) in [6, 6.07) is 32.6. The Balaban J connectivity index is 2.04. The summed E-state index contributed by atoms with van der Waals surface area (Å²) in [5.74, 6) is -1.56. The number of aliphatic hydroxyl groups is 2. The molecule has 0 fully saturated rings. The average Bonchev–Trinajstić information content (AvgIpc) is 2.88. The maximum absolute atomic E-state index is 13.9. The fourth-order valence-corrected chi connectivity index (χ4v) is 3.96. The normalized spacial score (nSPS) is 14.7. The van der Waals surface area contributed by atoms with E-state index in [1.165, 1.54) is 24.3 Å². The Bertz CT molecular complexity index is 1110. The first-order valence-electron chi connectivity index (χ1n) is 10.2. The van der Waals surface area contributed by atoms with Crippen LogP contribution >= 0.6 is 0 Å². The lowest BCUT2D eigenvalue weighted by molar-refractivity contribution is -0.109. The number of benzene rings is 4. The van der Waals surface area contributed by atoms with E-state index in [9.17, 15) is 19.8 Å². The highest BCUT2D eigenvalue weighted by Crippen LogP contribution is 2.45. The first kappa shape index (κ1) is 21.4. The summed E-state index contributed by atoms with van der Waals surface area (Å²) in [5.41, 5.74) is -4.61. The predicted octanol–water partition coefficient (Wildman–Crippen LogP) is 4.53. The molecule has 0 saturated heterocycles. The van der Waals surface area contributed by atoms with Gasteiger partial charge in [-0.3, -0.25) is 9.59 Å². The lowest BCUT2D eigenvalue weighted by Gasteiger charge is -2.42. The average molecular weight is 422 g/mol. The molecule has 0 spiro atoms. The smallest absolute Gasteiger partial charge is 0.202 e. The van der Waals surface area contributed by atoms with E-state index in [0.717, 1.165) is 0 Å². The van der Waals surface area contributed by atoms with Gasteiger partial charge in [0.05, 0.1) is 0 Å². The SMILES string of the molecule is O=C(c1ccccc1)C(O)(c1ccccc1)C(O)(C(=O)c1ccccc1)c1ccccc1. The lowest BCUT2D eigenvalue weighted by atomic mass is 9.66. The van der Waals surface area contributed by atoms with Crippen LogP contribution in [0.4, 0.5) is 0 Å². The molecule has 2 atom stereocenters. The molecule has 0 aliphatic heterocycles. The zero-order valence-electron chi connectivity index (χ0n) is 17.3. The predicted molar refractivity (Wildman–Crippen MR) is 122 cm³/mol. The van der Waals surface area contributed by atoms with Gasteiger partial charge in [0.2, 0.25) is 11.6 Å². The van der Waals surface area contributed by atoms with E-state index < -0.39 is 22.8 Å². The standard InChI is InChI=1S/C28H22O4/c29-25(21-13-5-1-6-14-21)27(31,23-17-9-3-10-18-23)28(32,24-19-11-4-12-20-24)26(30)22-15-7-2-8-16-22/h1-20,31-32H. The minimum Gasteiger partial charge on any atom is -0.374 e. The molecular formula is C28H22O4. The summed E-state index contributed by atoms with van der Waals surface area (Å²) >= 11 is 0. The molecule has 32 heavy (non-hydrogen) atoms. The molecule has 4 aromatic rings. The molecule has 0 bridgehead atoms. The van der Waals surface area contributed by atoms with E-state index >= 15 is 0 Å². The first-order chi connectivity index (χ1) is 15.5. The third-order valence-corrected chi connectivity index (χ3v) is 5.64. The second kappa shape index (κ2) is 8.71. The molecule has 4 nitrogen and oxygen atoms in total. The Morgan fingerprint density at radius 2 is 0.688 bits per heavy atom. The topological polar surface area (TPSA) is 74.6 Å². The Morgan fingerprint density at radius 3 is 0.969 bits per heavy atom. The van der Waals surface area contributed by atoms with Gasteiger partial charge in [-0.05, 0) is 11.1 Å². The summed E-state index contributed by atoms with van der Waals surface area (Å²) < 4.78 is 0. The van der Waals surface area contributed by atoms with Crippen molar-refractivity contribution in [1.82, 2.24) is 0 Å². The molecule has 0 aliphatic rings. The zero-order valence-corrected chi connectivity index (χ0v) is 17.3. The van der Waals surface area contributed by atoms with Crippen LogP contribution in [0.5, 0.6) is 0 Å². The van der Waals surface area contributed by atoms with Crippen molar-refractivity contribution in [3.8, 4) is 0 Å². The third-order valence-electron chi connectivity index (χ3n) is 5.64. The van der Waals surface area contributed by atoms with E-state index in [0.29, 0.717) is 0 Å². The number of ketones is 2. The number of Topliss-reactive ketones (excluding diaryl/α,β-unsaturated/α-hetero) is 2. The van der Waals surface area contributed by atoms with Crippen molar-refractivity contribution in [3.63, 3.8) is 0 Å². The number of hydrogen-bond acceptors (Lipinski definition) is 4. The van der Waals surface area contributed by atoms with Crippen LogP contribution in [0, 0.1) is 0 Å². The van der Waals surface area contributed by atoms with E-state index in [2.05, 4.69) is 0 Å². The largest absolute Gasteiger partial charge is 0.374 e. The van der Waals surface area contributed by atoms with Gasteiger partial charge in [-0.2, -0.15) is 0 Å². The van der Waals surface area contributed by atoms with Crippen molar-refractivity contribution in [3.05, 3.63) is 144 Å². The summed E-state index contributed by atoms with van der Waals surface area (Å²) in [4.78, 5) is 27.7. The Labute approximate surface area is 186 Å². The minimum absolute atomic E-state index is 0.115. The van der Waals surface area contributed by atoms with Gasteiger partial charge in [0, 0.05) is 11.1 Å². The number of rotatable bonds is 7. The molecule has 0 aromatic heterocycles. The van der Waals surface area contributed by atoms with Gasteiger partial charge >= 0.3 is 0 Å². The van der Waals surface area contributed by atoms with E-state index in [4.69, 9.17) is 0 Å². The second-order valence-corrected chi connectivity index (χ2v) is 7.54.